The zero-order valence-electron chi connectivity index (χ0n) is 17.8. The first-order valence-electron chi connectivity index (χ1n) is 9.74. The zero-order chi connectivity index (χ0) is 23.4. The van der Waals surface area contributed by atoms with Gasteiger partial charge < -0.3 is 21.3 Å². The van der Waals surface area contributed by atoms with Gasteiger partial charge in [0.15, 0.2) is 5.13 Å². The fraction of sp³-hybridized carbons (Fsp3) is 0.227. The molecule has 3 rings (SSSR count). The van der Waals surface area contributed by atoms with Gasteiger partial charge in [-0.3, -0.25) is 9.59 Å². The second-order valence-electron chi connectivity index (χ2n) is 7.38. The molecule has 1 heterocycles. The van der Waals surface area contributed by atoms with Gasteiger partial charge in [0, 0.05) is 23.8 Å². The van der Waals surface area contributed by atoms with Crippen LogP contribution in [0, 0.1) is 11.6 Å². The largest absolute Gasteiger partial charge is 0.382 e. The maximum Gasteiger partial charge on any atom is 0.251 e. The lowest BCUT2D eigenvalue weighted by Gasteiger charge is -2.19. The Bertz CT molecular complexity index is 1110. The summed E-state index contributed by atoms with van der Waals surface area (Å²) in [6.07, 6.45) is 0. The number of anilines is 3. The van der Waals surface area contributed by atoms with Crippen molar-refractivity contribution in [3.8, 4) is 0 Å². The number of ketones is 1. The third kappa shape index (κ3) is 5.27. The summed E-state index contributed by atoms with van der Waals surface area (Å²) >= 11 is 0.885. The van der Waals surface area contributed by atoms with Crippen molar-refractivity contribution >= 4 is 39.7 Å². The number of likely N-dealkylation sites (N-methyl/N-ethyl adjacent to an activating group) is 1. The predicted octanol–water partition coefficient (Wildman–Crippen LogP) is 3.66. The Labute approximate surface area is 188 Å². The lowest BCUT2D eigenvalue weighted by atomic mass is 10.1. The fourth-order valence-corrected chi connectivity index (χ4v) is 3.58. The summed E-state index contributed by atoms with van der Waals surface area (Å²) in [4.78, 5) is 30.9. The fourth-order valence-electron chi connectivity index (χ4n) is 2.73. The number of nitrogens with one attached hydrogen (secondary N) is 2. The average Bonchev–Trinajstić information content (AvgIpc) is 3.11. The van der Waals surface area contributed by atoms with Gasteiger partial charge in [-0.05, 0) is 57.4 Å². The highest BCUT2D eigenvalue weighted by Gasteiger charge is 2.24. The number of amides is 1. The highest BCUT2D eigenvalue weighted by molar-refractivity contribution is 7.18. The lowest BCUT2D eigenvalue weighted by Crippen LogP contribution is -2.38. The number of aromatic nitrogens is 1. The number of nitrogen functional groups attached to an aromatic ring is 1. The Morgan fingerprint density at radius 3 is 2.34 bits per heavy atom. The molecule has 1 amide bonds. The van der Waals surface area contributed by atoms with Crippen LogP contribution in [-0.4, -0.2) is 48.3 Å². The Morgan fingerprint density at radius 1 is 1.12 bits per heavy atom. The van der Waals surface area contributed by atoms with E-state index in [1.807, 2.05) is 25.9 Å². The summed E-state index contributed by atoms with van der Waals surface area (Å²) in [6, 6.07) is 10.0. The molecule has 3 aromatic rings. The molecule has 0 radical (unpaired) electrons. The van der Waals surface area contributed by atoms with Crippen LogP contribution in [0.5, 0.6) is 0 Å². The molecule has 168 valence electrons. The van der Waals surface area contributed by atoms with E-state index in [9.17, 15) is 18.4 Å². The lowest BCUT2D eigenvalue weighted by molar-refractivity contribution is 0.0943. The summed E-state index contributed by atoms with van der Waals surface area (Å²) in [6.45, 7) is 2.52. The van der Waals surface area contributed by atoms with Crippen LogP contribution in [0.15, 0.2) is 42.5 Å². The minimum atomic E-state index is -0.967. The van der Waals surface area contributed by atoms with Crippen LogP contribution < -0.4 is 16.4 Å². The summed E-state index contributed by atoms with van der Waals surface area (Å²) in [5.41, 5.74) is 6.24. The molecule has 32 heavy (non-hydrogen) atoms. The number of benzene rings is 2. The second kappa shape index (κ2) is 9.84. The minimum Gasteiger partial charge on any atom is -0.382 e. The van der Waals surface area contributed by atoms with Crippen molar-refractivity contribution < 1.29 is 18.4 Å². The van der Waals surface area contributed by atoms with Gasteiger partial charge in [-0.15, -0.1) is 0 Å². The van der Waals surface area contributed by atoms with E-state index in [-0.39, 0.29) is 27.8 Å². The molecule has 0 fully saturated rings. The molecule has 10 heteroatoms. The van der Waals surface area contributed by atoms with Gasteiger partial charge in [0.05, 0.1) is 5.56 Å². The number of halogens is 2. The van der Waals surface area contributed by atoms with Gasteiger partial charge in [0.25, 0.3) is 5.91 Å². The van der Waals surface area contributed by atoms with E-state index in [0.717, 1.165) is 23.5 Å². The van der Waals surface area contributed by atoms with Crippen molar-refractivity contribution in [1.82, 2.24) is 15.2 Å². The van der Waals surface area contributed by atoms with E-state index in [2.05, 4.69) is 15.6 Å². The van der Waals surface area contributed by atoms with E-state index in [4.69, 9.17) is 5.73 Å². The molecule has 0 saturated heterocycles. The van der Waals surface area contributed by atoms with Gasteiger partial charge in [0.2, 0.25) is 5.78 Å². The topological polar surface area (TPSA) is 100 Å². The number of nitrogens with two attached hydrogens (primary N) is 1. The molecule has 1 unspecified atom stereocenters. The molecule has 1 aromatic heterocycles. The van der Waals surface area contributed by atoms with Crippen LogP contribution in [-0.2, 0) is 0 Å². The molecular weight excluding hydrogens is 436 g/mol. The van der Waals surface area contributed by atoms with Crippen molar-refractivity contribution in [1.29, 1.82) is 0 Å². The smallest absolute Gasteiger partial charge is 0.251 e. The summed E-state index contributed by atoms with van der Waals surface area (Å²) < 4.78 is 27.9. The molecule has 7 nitrogen and oxygen atoms in total. The van der Waals surface area contributed by atoms with Crippen LogP contribution in [0.2, 0.25) is 0 Å². The number of nitrogens with zero attached hydrogens (tertiary/aromatic N) is 2. The Hall–Kier alpha value is -3.37. The van der Waals surface area contributed by atoms with E-state index < -0.39 is 23.0 Å². The van der Waals surface area contributed by atoms with Crippen molar-refractivity contribution in [2.24, 2.45) is 0 Å². The quantitative estimate of drug-likeness (QED) is 0.445. The Kier molecular flexibility index (Phi) is 7.16. The first-order valence-corrected chi connectivity index (χ1v) is 10.6. The van der Waals surface area contributed by atoms with Gasteiger partial charge >= 0.3 is 0 Å². The number of hydrogen-bond donors (Lipinski definition) is 3. The van der Waals surface area contributed by atoms with Gasteiger partial charge in [-0.1, -0.05) is 17.4 Å². The molecule has 0 aliphatic rings. The summed E-state index contributed by atoms with van der Waals surface area (Å²) in [7, 11) is 3.88. The summed E-state index contributed by atoms with van der Waals surface area (Å²) in [5.74, 6) is -3.13. The van der Waals surface area contributed by atoms with E-state index in [1.54, 1.807) is 24.3 Å². The number of hydrogen-bond acceptors (Lipinski definition) is 7. The first-order chi connectivity index (χ1) is 15.2. The number of carbonyl (C=O) groups is 2. The maximum atomic E-state index is 13.9. The van der Waals surface area contributed by atoms with Crippen molar-refractivity contribution in [3.05, 3.63) is 70.1 Å². The highest BCUT2D eigenvalue weighted by Crippen LogP contribution is 2.31. The molecule has 1 atom stereocenters. The molecular formula is C22H23F2N5O2S. The molecule has 4 N–H and O–H groups in total. The average molecular weight is 460 g/mol. The van der Waals surface area contributed by atoms with Crippen LogP contribution >= 0.6 is 11.3 Å². The van der Waals surface area contributed by atoms with Crippen molar-refractivity contribution in [3.63, 3.8) is 0 Å². The second-order valence-corrected chi connectivity index (χ2v) is 8.38. The maximum absolute atomic E-state index is 13.9. The van der Waals surface area contributed by atoms with E-state index >= 15 is 0 Å². The standard InChI is InChI=1S/C22H23F2N5O2S/c1-12(29(2)3)11-26-21(31)13-7-9-14(10-8-13)27-22-28-20(25)19(32-22)18(30)17-15(23)5-4-6-16(17)24/h4-10,12H,11,25H2,1-3H3,(H,26,31)(H,27,28). The van der Waals surface area contributed by atoms with Crippen LogP contribution in [0.25, 0.3) is 0 Å². The Balaban J connectivity index is 1.70. The molecule has 0 bridgehead atoms. The molecule has 0 aliphatic carbocycles. The summed E-state index contributed by atoms with van der Waals surface area (Å²) in [5, 5.41) is 6.13. The van der Waals surface area contributed by atoms with Crippen molar-refractivity contribution in [2.45, 2.75) is 13.0 Å². The molecule has 0 saturated carbocycles. The van der Waals surface area contributed by atoms with Gasteiger partial charge in [0.1, 0.15) is 22.3 Å². The monoisotopic (exact) mass is 459 g/mol. The van der Waals surface area contributed by atoms with Crippen LogP contribution in [0.1, 0.15) is 32.5 Å². The van der Waals surface area contributed by atoms with E-state index in [0.29, 0.717) is 17.8 Å². The van der Waals surface area contributed by atoms with Crippen LogP contribution in [0.3, 0.4) is 0 Å². The SMILES string of the molecule is CC(CNC(=O)c1ccc(Nc2nc(N)c(C(=O)c3c(F)cccc3F)s2)cc1)N(C)C. The number of rotatable bonds is 8. The van der Waals surface area contributed by atoms with Crippen LogP contribution in [0.4, 0.5) is 25.4 Å². The van der Waals surface area contributed by atoms with Gasteiger partial charge in [-0.25, -0.2) is 13.8 Å². The van der Waals surface area contributed by atoms with Crippen molar-refractivity contribution in [2.75, 3.05) is 31.7 Å². The number of thiazole rings is 1. The molecule has 0 spiro atoms. The highest BCUT2D eigenvalue weighted by atomic mass is 32.1. The number of carbonyl (C=O) groups excluding carboxylic acids is 2. The minimum absolute atomic E-state index is 0.0671. The first kappa shape index (κ1) is 23.3. The van der Waals surface area contributed by atoms with E-state index in [1.165, 1.54) is 6.07 Å². The molecule has 2 aromatic carbocycles. The predicted molar refractivity (Wildman–Crippen MR) is 122 cm³/mol. The molecule has 0 aliphatic heterocycles. The zero-order valence-corrected chi connectivity index (χ0v) is 18.6. The van der Waals surface area contributed by atoms with Gasteiger partial charge in [-0.2, -0.15) is 0 Å². The third-order valence-electron chi connectivity index (χ3n) is 4.89. The third-order valence-corrected chi connectivity index (χ3v) is 5.87. The Morgan fingerprint density at radius 2 is 1.75 bits per heavy atom. The normalized spacial score (nSPS) is 11.9.